The second-order valence-electron chi connectivity index (χ2n) is 9.01. The summed E-state index contributed by atoms with van der Waals surface area (Å²) in [5.41, 5.74) is -1.58. The van der Waals surface area contributed by atoms with E-state index in [0.29, 0.717) is 20.7 Å². The van der Waals surface area contributed by atoms with Gasteiger partial charge in [0.15, 0.2) is 5.78 Å². The van der Waals surface area contributed by atoms with Crippen molar-refractivity contribution in [1.82, 2.24) is 18.7 Å². The standard InChI is InChI=1S/C24H21ClN4O5S3/c1-24(2,3)23(34)29-19(35-12-14-4-5-18(25)37-14)8-16(27-29)15-6-7-28(21(31)20(15)22(32)33)10-17(30)13-9-26-36-11-13/h4-9,11H,10,12H2,1-3H3,(H,32,33). The van der Waals surface area contributed by atoms with E-state index in [2.05, 4.69) is 9.47 Å². The highest BCUT2D eigenvalue weighted by atomic mass is 35.5. The second kappa shape index (κ2) is 10.7. The predicted octanol–water partition coefficient (Wildman–Crippen LogP) is 5.44. The lowest BCUT2D eigenvalue weighted by atomic mass is 9.96. The molecule has 0 amide bonds. The molecule has 0 atom stereocenters. The molecule has 192 valence electrons. The van der Waals surface area contributed by atoms with Crippen molar-refractivity contribution in [2.45, 2.75) is 38.1 Å². The van der Waals surface area contributed by atoms with Gasteiger partial charge >= 0.3 is 5.97 Å². The van der Waals surface area contributed by atoms with Gasteiger partial charge in [0.2, 0.25) is 0 Å². The zero-order valence-corrected chi connectivity index (χ0v) is 23.1. The highest BCUT2D eigenvalue weighted by Crippen LogP contribution is 2.33. The maximum atomic E-state index is 13.2. The van der Waals surface area contributed by atoms with E-state index in [0.717, 1.165) is 21.0 Å². The molecule has 0 fully saturated rings. The van der Waals surface area contributed by atoms with Crippen LogP contribution in [0.1, 0.15) is 51.2 Å². The van der Waals surface area contributed by atoms with Crippen LogP contribution in [0.25, 0.3) is 11.3 Å². The Balaban J connectivity index is 1.75. The third-order valence-electron chi connectivity index (χ3n) is 5.23. The lowest BCUT2D eigenvalue weighted by Crippen LogP contribution is -2.29. The lowest BCUT2D eigenvalue weighted by Gasteiger charge is -2.17. The van der Waals surface area contributed by atoms with Gasteiger partial charge in [0.05, 0.1) is 28.3 Å². The maximum absolute atomic E-state index is 13.2. The van der Waals surface area contributed by atoms with Gasteiger partial charge < -0.3 is 9.67 Å². The topological polar surface area (TPSA) is 124 Å². The Labute approximate surface area is 228 Å². The summed E-state index contributed by atoms with van der Waals surface area (Å²) in [4.78, 5) is 51.9. The minimum absolute atomic E-state index is 0.0554. The van der Waals surface area contributed by atoms with E-state index in [1.807, 2.05) is 6.07 Å². The third-order valence-corrected chi connectivity index (χ3v) is 8.27. The Morgan fingerprint density at radius 3 is 2.54 bits per heavy atom. The molecule has 1 N–H and O–H groups in total. The molecule has 0 aliphatic carbocycles. The largest absolute Gasteiger partial charge is 0.477 e. The van der Waals surface area contributed by atoms with Gasteiger partial charge in [-0.25, -0.2) is 9.17 Å². The monoisotopic (exact) mass is 576 g/mol. The second-order valence-corrected chi connectivity index (χ2v) is 12.5. The first-order chi connectivity index (χ1) is 17.5. The summed E-state index contributed by atoms with van der Waals surface area (Å²) in [5, 5.41) is 16.4. The molecule has 4 aromatic heterocycles. The van der Waals surface area contributed by atoms with Crippen LogP contribution >= 0.6 is 46.2 Å². The van der Waals surface area contributed by atoms with Crippen molar-refractivity contribution in [3.8, 4) is 11.3 Å². The van der Waals surface area contributed by atoms with Gasteiger partial charge in [-0.2, -0.15) is 9.78 Å². The number of carboxylic acids is 1. The Bertz CT molecular complexity index is 1550. The fourth-order valence-corrected chi connectivity index (χ4v) is 6.01. The number of thioether (sulfide) groups is 1. The fourth-order valence-electron chi connectivity index (χ4n) is 3.34. The van der Waals surface area contributed by atoms with Gasteiger partial charge in [-0.3, -0.25) is 14.4 Å². The zero-order valence-electron chi connectivity index (χ0n) is 19.9. The highest BCUT2D eigenvalue weighted by molar-refractivity contribution is 7.98. The molecule has 9 nitrogen and oxygen atoms in total. The normalized spacial score (nSPS) is 11.6. The summed E-state index contributed by atoms with van der Waals surface area (Å²) in [5.74, 6) is -1.59. The van der Waals surface area contributed by atoms with Crippen LogP contribution < -0.4 is 5.56 Å². The maximum Gasteiger partial charge on any atom is 0.342 e. The van der Waals surface area contributed by atoms with E-state index in [9.17, 15) is 24.3 Å². The third kappa shape index (κ3) is 5.93. The van der Waals surface area contributed by atoms with Crippen LogP contribution in [0.3, 0.4) is 0 Å². The Hall–Kier alpha value is -3.06. The Kier molecular flexibility index (Phi) is 7.83. The van der Waals surface area contributed by atoms with Gasteiger partial charge in [0.1, 0.15) is 10.6 Å². The lowest BCUT2D eigenvalue weighted by molar-refractivity contribution is 0.0693. The molecule has 4 aromatic rings. The average molecular weight is 577 g/mol. The summed E-state index contributed by atoms with van der Waals surface area (Å²) < 4.78 is 6.82. The number of carboxylic acid groups (broad SMARTS) is 1. The molecule has 4 heterocycles. The number of thiophene rings is 1. The van der Waals surface area contributed by atoms with Crippen LogP contribution in [0.2, 0.25) is 4.34 Å². The van der Waals surface area contributed by atoms with Gasteiger partial charge in [0.25, 0.3) is 11.5 Å². The summed E-state index contributed by atoms with van der Waals surface area (Å²) in [6.45, 7) is 4.94. The quantitative estimate of drug-likeness (QED) is 0.217. The Morgan fingerprint density at radius 1 is 1.19 bits per heavy atom. The Morgan fingerprint density at radius 2 is 1.95 bits per heavy atom. The average Bonchev–Trinajstić information content (AvgIpc) is 3.58. The summed E-state index contributed by atoms with van der Waals surface area (Å²) in [6, 6.07) is 6.70. The molecule has 0 saturated heterocycles. The summed E-state index contributed by atoms with van der Waals surface area (Å²) in [7, 11) is 0. The molecule has 0 saturated carbocycles. The number of carbonyl (C=O) groups excluding carboxylic acids is 2. The first-order valence-electron chi connectivity index (χ1n) is 10.9. The van der Waals surface area contributed by atoms with Crippen LogP contribution in [0.15, 0.2) is 51.9 Å². The van der Waals surface area contributed by atoms with Crippen LogP contribution in [-0.2, 0) is 12.3 Å². The predicted molar refractivity (Wildman–Crippen MR) is 144 cm³/mol. The van der Waals surface area contributed by atoms with Crippen LogP contribution in [0.4, 0.5) is 0 Å². The summed E-state index contributed by atoms with van der Waals surface area (Å²) in [6.07, 6.45) is 2.75. The first kappa shape index (κ1) is 27.0. The molecule has 0 bridgehead atoms. The van der Waals surface area contributed by atoms with Crippen molar-refractivity contribution in [3.63, 3.8) is 0 Å². The summed E-state index contributed by atoms with van der Waals surface area (Å²) >= 11 is 9.91. The number of hydrogen-bond donors (Lipinski definition) is 1. The molecule has 0 spiro atoms. The van der Waals surface area contributed by atoms with E-state index < -0.39 is 22.5 Å². The zero-order chi connectivity index (χ0) is 26.9. The minimum atomic E-state index is -1.46. The van der Waals surface area contributed by atoms with Crippen molar-refractivity contribution in [2.75, 3.05) is 0 Å². The molecule has 37 heavy (non-hydrogen) atoms. The van der Waals surface area contributed by atoms with Crippen LogP contribution in [0, 0.1) is 5.41 Å². The highest BCUT2D eigenvalue weighted by Gasteiger charge is 2.29. The molecule has 0 aliphatic rings. The van der Waals surface area contributed by atoms with Gasteiger partial charge in [-0.1, -0.05) is 32.4 Å². The number of hydrogen-bond acceptors (Lipinski definition) is 9. The molecular weight excluding hydrogens is 556 g/mol. The number of ketones is 1. The molecule has 0 unspecified atom stereocenters. The fraction of sp³-hybridized carbons (Fsp3) is 0.250. The number of pyridine rings is 1. The van der Waals surface area contributed by atoms with Crippen molar-refractivity contribution in [3.05, 3.63) is 72.7 Å². The SMILES string of the molecule is CC(C)(C)C(=O)n1nc(-c2ccn(CC(=O)c3cnsc3)c(=O)c2C(=O)O)cc1SCc1ccc(Cl)s1. The number of aromatic nitrogens is 4. The molecular formula is C24H21ClN4O5S3. The number of aromatic carboxylic acids is 1. The van der Waals surface area contributed by atoms with Crippen LogP contribution in [-0.4, -0.2) is 41.5 Å². The number of halogens is 1. The number of Topliss-reactive ketones (excluding diaryl/α,β-unsaturated/α-hetero) is 1. The van der Waals surface area contributed by atoms with E-state index in [4.69, 9.17) is 11.6 Å². The first-order valence-corrected chi connectivity index (χ1v) is 13.9. The van der Waals surface area contributed by atoms with Gasteiger partial charge in [-0.15, -0.1) is 23.1 Å². The van der Waals surface area contributed by atoms with Gasteiger partial charge in [-0.05, 0) is 35.8 Å². The molecule has 0 aliphatic heterocycles. The molecule has 13 heteroatoms. The molecule has 0 aromatic carbocycles. The van der Waals surface area contributed by atoms with E-state index >= 15 is 0 Å². The number of nitrogens with zero attached hydrogens (tertiary/aromatic N) is 4. The van der Waals surface area contributed by atoms with Crippen molar-refractivity contribution in [2.24, 2.45) is 5.41 Å². The van der Waals surface area contributed by atoms with Crippen molar-refractivity contribution < 1.29 is 19.5 Å². The smallest absolute Gasteiger partial charge is 0.342 e. The van der Waals surface area contributed by atoms with Crippen molar-refractivity contribution in [1.29, 1.82) is 0 Å². The van der Waals surface area contributed by atoms with Crippen LogP contribution in [0.5, 0.6) is 0 Å². The number of carbonyl (C=O) groups is 3. The van der Waals surface area contributed by atoms with Crippen molar-refractivity contribution >= 4 is 63.9 Å². The minimum Gasteiger partial charge on any atom is -0.477 e. The van der Waals surface area contributed by atoms with Gasteiger partial charge in [0, 0.05) is 33.2 Å². The van der Waals surface area contributed by atoms with E-state index in [1.165, 1.54) is 46.2 Å². The van der Waals surface area contributed by atoms with E-state index in [-0.39, 0.29) is 29.5 Å². The molecule has 0 radical (unpaired) electrons. The van der Waals surface area contributed by atoms with E-state index in [1.54, 1.807) is 38.3 Å². The molecule has 4 rings (SSSR count). The number of rotatable bonds is 8.